The van der Waals surface area contributed by atoms with Crippen LogP contribution in [-0.2, 0) is 10.3 Å². The van der Waals surface area contributed by atoms with E-state index in [9.17, 15) is 0 Å². The largest absolute Gasteiger partial charge is 0.365 e. The van der Waals surface area contributed by atoms with Crippen LogP contribution >= 0.6 is 23.2 Å². The highest BCUT2D eigenvalue weighted by molar-refractivity contribution is 6.35. The van der Waals surface area contributed by atoms with Crippen molar-refractivity contribution in [2.24, 2.45) is 0 Å². The molecule has 0 aliphatic rings. The van der Waals surface area contributed by atoms with Crippen molar-refractivity contribution in [2.45, 2.75) is 38.6 Å². The SMILES string of the molecule is CCCCOC(C)(c1ccc(Cl)cc1Cl)C(F)n1cncn1. The maximum absolute atomic E-state index is 15.1. The van der Waals surface area contributed by atoms with Gasteiger partial charge in [0.05, 0.1) is 0 Å². The van der Waals surface area contributed by atoms with E-state index in [-0.39, 0.29) is 0 Å². The molecule has 0 bridgehead atoms. The van der Waals surface area contributed by atoms with Crippen LogP contribution in [0.15, 0.2) is 30.9 Å². The number of nitrogens with zero attached hydrogens (tertiary/aromatic N) is 3. The molecule has 22 heavy (non-hydrogen) atoms. The van der Waals surface area contributed by atoms with E-state index in [1.807, 2.05) is 6.92 Å². The molecule has 0 aliphatic heterocycles. The van der Waals surface area contributed by atoms with E-state index >= 15 is 4.39 Å². The van der Waals surface area contributed by atoms with Crippen molar-refractivity contribution in [2.75, 3.05) is 6.61 Å². The maximum atomic E-state index is 15.1. The van der Waals surface area contributed by atoms with E-state index in [0.29, 0.717) is 22.2 Å². The van der Waals surface area contributed by atoms with Gasteiger partial charge in [-0.15, -0.1) is 0 Å². The Kier molecular flexibility index (Phi) is 5.78. The second-order valence-electron chi connectivity index (χ2n) is 5.14. The van der Waals surface area contributed by atoms with Gasteiger partial charge in [-0.3, -0.25) is 0 Å². The maximum Gasteiger partial charge on any atom is 0.225 e. The topological polar surface area (TPSA) is 39.9 Å². The molecule has 0 saturated carbocycles. The fraction of sp³-hybridized carbons (Fsp3) is 0.467. The normalized spacial score (nSPS) is 15.5. The van der Waals surface area contributed by atoms with Gasteiger partial charge in [0, 0.05) is 22.2 Å². The van der Waals surface area contributed by atoms with E-state index in [1.54, 1.807) is 25.1 Å². The number of halogens is 3. The van der Waals surface area contributed by atoms with Crippen molar-refractivity contribution in [1.29, 1.82) is 0 Å². The monoisotopic (exact) mass is 345 g/mol. The minimum atomic E-state index is -1.56. The molecule has 0 fully saturated rings. The summed E-state index contributed by atoms with van der Waals surface area (Å²) in [5.74, 6) is 0. The molecular formula is C15H18Cl2FN3O. The number of hydrogen-bond acceptors (Lipinski definition) is 3. The Morgan fingerprint density at radius 3 is 2.77 bits per heavy atom. The Morgan fingerprint density at radius 1 is 1.41 bits per heavy atom. The molecule has 0 saturated heterocycles. The summed E-state index contributed by atoms with van der Waals surface area (Å²) in [6, 6.07) is 4.92. The van der Waals surface area contributed by atoms with Crippen LogP contribution in [0.4, 0.5) is 4.39 Å². The molecule has 0 spiro atoms. The summed E-state index contributed by atoms with van der Waals surface area (Å²) in [7, 11) is 0. The van der Waals surface area contributed by atoms with Crippen LogP contribution in [0.3, 0.4) is 0 Å². The second-order valence-corrected chi connectivity index (χ2v) is 5.99. The van der Waals surface area contributed by atoms with Crippen molar-refractivity contribution in [3.05, 3.63) is 46.5 Å². The van der Waals surface area contributed by atoms with Gasteiger partial charge in [-0.05, 0) is 25.5 Å². The first-order chi connectivity index (χ1) is 10.5. The molecule has 7 heteroatoms. The first-order valence-electron chi connectivity index (χ1n) is 7.06. The average molecular weight is 346 g/mol. The molecule has 1 aromatic heterocycles. The molecule has 1 heterocycles. The fourth-order valence-corrected chi connectivity index (χ4v) is 2.78. The standard InChI is InChI=1S/C15H18Cl2FN3O/c1-3-4-7-22-15(2,14(18)21-10-19-9-20-21)12-6-5-11(16)8-13(12)17/h5-6,8-10,14H,3-4,7H2,1-2H3. The van der Waals surface area contributed by atoms with Crippen molar-refractivity contribution in [3.63, 3.8) is 0 Å². The number of unbranched alkanes of at least 4 members (excludes halogenated alkanes) is 1. The highest BCUT2D eigenvalue weighted by Gasteiger charge is 2.41. The van der Waals surface area contributed by atoms with Crippen molar-refractivity contribution in [1.82, 2.24) is 14.8 Å². The lowest BCUT2D eigenvalue weighted by Gasteiger charge is -2.34. The number of ether oxygens (including phenoxy) is 1. The zero-order valence-electron chi connectivity index (χ0n) is 12.5. The second kappa shape index (κ2) is 7.40. The highest BCUT2D eigenvalue weighted by Crippen LogP contribution is 2.41. The molecule has 1 aromatic carbocycles. The summed E-state index contributed by atoms with van der Waals surface area (Å²) >= 11 is 12.2. The van der Waals surface area contributed by atoms with Gasteiger partial charge in [-0.25, -0.2) is 14.1 Å². The van der Waals surface area contributed by atoms with E-state index in [2.05, 4.69) is 10.1 Å². The van der Waals surface area contributed by atoms with E-state index < -0.39 is 11.9 Å². The summed E-state index contributed by atoms with van der Waals surface area (Å²) in [4.78, 5) is 3.79. The Bertz CT molecular complexity index is 609. The third-order valence-electron chi connectivity index (χ3n) is 3.49. The Hall–Kier alpha value is -1.17. The fourth-order valence-electron chi connectivity index (χ4n) is 2.18. The van der Waals surface area contributed by atoms with Crippen LogP contribution < -0.4 is 0 Å². The van der Waals surface area contributed by atoms with Crippen LogP contribution in [0.5, 0.6) is 0 Å². The van der Waals surface area contributed by atoms with Crippen LogP contribution in [0.25, 0.3) is 0 Å². The Morgan fingerprint density at radius 2 is 2.18 bits per heavy atom. The molecule has 0 aliphatic carbocycles. The molecule has 0 amide bonds. The number of aromatic nitrogens is 3. The smallest absolute Gasteiger partial charge is 0.225 e. The molecular weight excluding hydrogens is 328 g/mol. The van der Waals surface area contributed by atoms with Gasteiger partial charge in [-0.2, -0.15) is 5.10 Å². The molecule has 4 nitrogen and oxygen atoms in total. The molecule has 2 aromatic rings. The number of rotatable bonds is 7. The van der Waals surface area contributed by atoms with Crippen LogP contribution in [0.1, 0.15) is 38.5 Å². The number of hydrogen-bond donors (Lipinski definition) is 0. The van der Waals surface area contributed by atoms with E-state index in [0.717, 1.165) is 17.5 Å². The lowest BCUT2D eigenvalue weighted by molar-refractivity contribution is -0.121. The third-order valence-corrected chi connectivity index (χ3v) is 4.04. The lowest BCUT2D eigenvalue weighted by atomic mass is 9.94. The van der Waals surface area contributed by atoms with E-state index in [4.69, 9.17) is 27.9 Å². The summed E-state index contributed by atoms with van der Waals surface area (Å²) < 4.78 is 22.0. The van der Waals surface area contributed by atoms with Gasteiger partial charge in [0.2, 0.25) is 6.30 Å². The molecule has 2 unspecified atom stereocenters. The predicted octanol–water partition coefficient (Wildman–Crippen LogP) is 4.79. The number of alkyl halides is 1. The average Bonchev–Trinajstić information content (AvgIpc) is 3.00. The Labute approximate surface area is 139 Å². The first-order valence-corrected chi connectivity index (χ1v) is 7.82. The van der Waals surface area contributed by atoms with Gasteiger partial charge >= 0.3 is 0 Å². The van der Waals surface area contributed by atoms with Crippen molar-refractivity contribution < 1.29 is 9.13 Å². The number of benzene rings is 1. The molecule has 2 atom stereocenters. The third kappa shape index (κ3) is 3.59. The van der Waals surface area contributed by atoms with Gasteiger partial charge in [0.25, 0.3) is 0 Å². The van der Waals surface area contributed by atoms with Gasteiger partial charge in [0.15, 0.2) is 0 Å². The van der Waals surface area contributed by atoms with Crippen LogP contribution in [0, 0.1) is 0 Å². The molecule has 2 rings (SSSR count). The quantitative estimate of drug-likeness (QED) is 0.677. The van der Waals surface area contributed by atoms with Crippen LogP contribution in [0.2, 0.25) is 10.0 Å². The van der Waals surface area contributed by atoms with Gasteiger partial charge < -0.3 is 4.74 Å². The van der Waals surface area contributed by atoms with Crippen molar-refractivity contribution in [3.8, 4) is 0 Å². The zero-order chi connectivity index (χ0) is 16.2. The molecule has 0 N–H and O–H groups in total. The molecule has 120 valence electrons. The summed E-state index contributed by atoms with van der Waals surface area (Å²) in [6.07, 6.45) is 2.80. The first kappa shape index (κ1) is 17.2. The lowest BCUT2D eigenvalue weighted by Crippen LogP contribution is -2.35. The molecule has 0 radical (unpaired) electrons. The van der Waals surface area contributed by atoms with Gasteiger partial charge in [0.1, 0.15) is 18.3 Å². The van der Waals surface area contributed by atoms with E-state index in [1.165, 1.54) is 12.7 Å². The summed E-state index contributed by atoms with van der Waals surface area (Å²) in [5.41, 5.74) is -0.762. The minimum absolute atomic E-state index is 0.356. The van der Waals surface area contributed by atoms with Gasteiger partial charge in [-0.1, -0.05) is 42.6 Å². The zero-order valence-corrected chi connectivity index (χ0v) is 14.0. The van der Waals surface area contributed by atoms with Crippen molar-refractivity contribution >= 4 is 23.2 Å². The summed E-state index contributed by atoms with van der Waals surface area (Å²) in [5, 5.41) is 4.71. The Balaban J connectivity index is 2.40. The van der Waals surface area contributed by atoms with Crippen LogP contribution in [-0.4, -0.2) is 21.4 Å². The highest BCUT2D eigenvalue weighted by atomic mass is 35.5. The summed E-state index contributed by atoms with van der Waals surface area (Å²) in [6.45, 7) is 4.12. The predicted molar refractivity (Wildman–Crippen MR) is 84.8 cm³/mol. The minimum Gasteiger partial charge on any atom is -0.365 e.